The lowest BCUT2D eigenvalue weighted by Gasteiger charge is -2.34. The van der Waals surface area contributed by atoms with Gasteiger partial charge in [0.2, 0.25) is 0 Å². The molecule has 2 heteroatoms. The molecule has 3 unspecified atom stereocenters. The van der Waals surface area contributed by atoms with E-state index in [0.717, 1.165) is 12.0 Å². The number of hydrogen-bond donors (Lipinski definition) is 1. The van der Waals surface area contributed by atoms with Crippen LogP contribution in [0.25, 0.3) is 0 Å². The van der Waals surface area contributed by atoms with Gasteiger partial charge in [-0.3, -0.25) is 4.90 Å². The average molecular weight is 238 g/mol. The van der Waals surface area contributed by atoms with Crippen molar-refractivity contribution in [1.29, 1.82) is 0 Å². The molecular weight excluding hydrogens is 208 g/mol. The van der Waals surface area contributed by atoms with E-state index in [4.69, 9.17) is 0 Å². The molecule has 1 saturated carbocycles. The maximum absolute atomic E-state index is 3.74. The Morgan fingerprint density at radius 2 is 2.06 bits per heavy atom. The van der Waals surface area contributed by atoms with Gasteiger partial charge in [0, 0.05) is 18.6 Å². The Labute approximate surface area is 107 Å². The van der Waals surface area contributed by atoms with Gasteiger partial charge in [-0.15, -0.1) is 0 Å². The summed E-state index contributed by atoms with van der Waals surface area (Å²) < 4.78 is 0. The zero-order valence-corrected chi connectivity index (χ0v) is 12.1. The van der Waals surface area contributed by atoms with E-state index >= 15 is 0 Å². The predicted octanol–water partition coefficient (Wildman–Crippen LogP) is 2.89. The Kier molecular flexibility index (Phi) is 4.14. The highest BCUT2D eigenvalue weighted by Crippen LogP contribution is 2.40. The average Bonchev–Trinajstić information content (AvgIpc) is 2.97. The van der Waals surface area contributed by atoms with Crippen molar-refractivity contribution in [1.82, 2.24) is 10.2 Å². The highest BCUT2D eigenvalue weighted by molar-refractivity contribution is 4.98. The van der Waals surface area contributed by atoms with Crippen LogP contribution in [0.2, 0.25) is 0 Å². The van der Waals surface area contributed by atoms with Gasteiger partial charge in [-0.1, -0.05) is 34.1 Å². The van der Waals surface area contributed by atoms with E-state index < -0.39 is 0 Å². The van der Waals surface area contributed by atoms with E-state index in [9.17, 15) is 0 Å². The zero-order valence-electron chi connectivity index (χ0n) is 12.1. The van der Waals surface area contributed by atoms with Crippen molar-refractivity contribution in [3.63, 3.8) is 0 Å². The molecule has 1 aliphatic carbocycles. The minimum atomic E-state index is 0.387. The van der Waals surface area contributed by atoms with Crippen molar-refractivity contribution in [3.05, 3.63) is 0 Å². The normalized spacial score (nSPS) is 35.6. The quantitative estimate of drug-likeness (QED) is 0.813. The summed E-state index contributed by atoms with van der Waals surface area (Å²) in [5.74, 6) is 1.01. The monoisotopic (exact) mass is 238 g/mol. The summed E-state index contributed by atoms with van der Waals surface area (Å²) in [5.41, 5.74) is 0.387. The maximum atomic E-state index is 3.74. The predicted molar refractivity (Wildman–Crippen MR) is 74.2 cm³/mol. The van der Waals surface area contributed by atoms with Crippen LogP contribution in [-0.4, -0.2) is 36.6 Å². The fourth-order valence-corrected chi connectivity index (χ4v) is 3.19. The minimum absolute atomic E-state index is 0.387. The van der Waals surface area contributed by atoms with E-state index in [1.165, 1.54) is 45.3 Å². The summed E-state index contributed by atoms with van der Waals surface area (Å²) in [4.78, 5) is 2.77. The second kappa shape index (κ2) is 5.27. The van der Waals surface area contributed by atoms with Crippen LogP contribution in [-0.2, 0) is 0 Å². The molecule has 0 amide bonds. The summed E-state index contributed by atoms with van der Waals surface area (Å²) in [6, 6.07) is 1.58. The van der Waals surface area contributed by atoms with Crippen LogP contribution in [0.3, 0.4) is 0 Å². The van der Waals surface area contributed by atoms with Crippen molar-refractivity contribution >= 4 is 0 Å². The lowest BCUT2D eigenvalue weighted by atomic mass is 9.86. The largest absolute Gasteiger partial charge is 0.312 e. The first kappa shape index (κ1) is 13.4. The first-order chi connectivity index (χ1) is 8.02. The Hall–Kier alpha value is -0.0800. The lowest BCUT2D eigenvalue weighted by Crippen LogP contribution is -2.47. The minimum Gasteiger partial charge on any atom is -0.312 e. The number of rotatable bonds is 3. The second-order valence-corrected chi connectivity index (χ2v) is 7.07. The van der Waals surface area contributed by atoms with Gasteiger partial charge in [0.15, 0.2) is 0 Å². The van der Waals surface area contributed by atoms with Gasteiger partial charge in [0.05, 0.1) is 0 Å². The summed E-state index contributed by atoms with van der Waals surface area (Å²) >= 11 is 0. The topological polar surface area (TPSA) is 15.3 Å². The molecule has 0 aromatic carbocycles. The molecule has 2 aliphatic rings. The maximum Gasteiger partial charge on any atom is 0.0243 e. The number of nitrogens with one attached hydrogen (secondary N) is 1. The third-order valence-electron chi connectivity index (χ3n) is 4.49. The van der Waals surface area contributed by atoms with E-state index in [2.05, 4.69) is 37.9 Å². The molecule has 1 N–H and O–H groups in total. The van der Waals surface area contributed by atoms with Gasteiger partial charge in [0.1, 0.15) is 0 Å². The van der Waals surface area contributed by atoms with Crippen LogP contribution in [0.4, 0.5) is 0 Å². The Morgan fingerprint density at radius 3 is 2.71 bits per heavy atom. The molecule has 1 heterocycles. The van der Waals surface area contributed by atoms with E-state index in [1.807, 2.05) is 0 Å². The van der Waals surface area contributed by atoms with Gasteiger partial charge >= 0.3 is 0 Å². The standard InChI is InChI=1S/C15H30N2/c1-5-7-12-10-13(12)17-9-6-8-16-14(11-17)15(2,3)4/h12-14,16H,5-11H2,1-4H3. The van der Waals surface area contributed by atoms with Crippen LogP contribution in [0.15, 0.2) is 0 Å². The summed E-state index contributed by atoms with van der Waals surface area (Å²) in [6.45, 7) is 13.2. The van der Waals surface area contributed by atoms with Crippen molar-refractivity contribution in [2.45, 2.75) is 65.5 Å². The summed E-state index contributed by atoms with van der Waals surface area (Å²) in [6.07, 6.45) is 5.58. The number of hydrogen-bond acceptors (Lipinski definition) is 2. The highest BCUT2D eigenvalue weighted by atomic mass is 15.2. The zero-order chi connectivity index (χ0) is 12.5. The van der Waals surface area contributed by atoms with Crippen molar-refractivity contribution in [2.24, 2.45) is 11.3 Å². The van der Waals surface area contributed by atoms with Gasteiger partial charge in [-0.05, 0) is 43.7 Å². The highest BCUT2D eigenvalue weighted by Gasteiger charge is 2.42. The van der Waals surface area contributed by atoms with Crippen molar-refractivity contribution < 1.29 is 0 Å². The van der Waals surface area contributed by atoms with Gasteiger partial charge in [-0.2, -0.15) is 0 Å². The molecule has 0 aromatic rings. The van der Waals surface area contributed by atoms with Crippen LogP contribution < -0.4 is 5.32 Å². The van der Waals surface area contributed by atoms with Gasteiger partial charge in [-0.25, -0.2) is 0 Å². The van der Waals surface area contributed by atoms with E-state index in [1.54, 1.807) is 0 Å². The molecule has 1 aliphatic heterocycles. The molecule has 0 spiro atoms. The van der Waals surface area contributed by atoms with Crippen LogP contribution >= 0.6 is 0 Å². The van der Waals surface area contributed by atoms with Crippen LogP contribution in [0.1, 0.15) is 53.4 Å². The molecule has 1 saturated heterocycles. The first-order valence-electron chi connectivity index (χ1n) is 7.49. The SMILES string of the molecule is CCCC1CC1N1CCCNC(C(C)(C)C)C1. The third-order valence-corrected chi connectivity index (χ3v) is 4.49. The number of nitrogens with zero attached hydrogens (tertiary/aromatic N) is 1. The molecule has 100 valence electrons. The molecular formula is C15H30N2. The molecule has 2 rings (SSSR count). The third kappa shape index (κ3) is 3.45. The molecule has 2 fully saturated rings. The fraction of sp³-hybridized carbons (Fsp3) is 1.00. The summed E-state index contributed by atoms with van der Waals surface area (Å²) in [5, 5.41) is 3.74. The fourth-order valence-electron chi connectivity index (χ4n) is 3.19. The smallest absolute Gasteiger partial charge is 0.0243 e. The Morgan fingerprint density at radius 1 is 1.29 bits per heavy atom. The van der Waals surface area contributed by atoms with Crippen LogP contribution in [0, 0.1) is 11.3 Å². The molecule has 2 nitrogen and oxygen atoms in total. The Bertz CT molecular complexity index is 244. The van der Waals surface area contributed by atoms with Gasteiger partial charge in [0.25, 0.3) is 0 Å². The van der Waals surface area contributed by atoms with Crippen molar-refractivity contribution in [3.8, 4) is 0 Å². The van der Waals surface area contributed by atoms with Gasteiger partial charge < -0.3 is 5.32 Å². The molecule has 17 heavy (non-hydrogen) atoms. The molecule has 0 radical (unpaired) electrons. The van der Waals surface area contributed by atoms with E-state index in [-0.39, 0.29) is 0 Å². The molecule has 0 aromatic heterocycles. The second-order valence-electron chi connectivity index (χ2n) is 7.07. The van der Waals surface area contributed by atoms with E-state index in [0.29, 0.717) is 11.5 Å². The van der Waals surface area contributed by atoms with Crippen molar-refractivity contribution in [2.75, 3.05) is 19.6 Å². The Balaban J connectivity index is 1.90. The lowest BCUT2D eigenvalue weighted by molar-refractivity contribution is 0.185. The first-order valence-corrected chi connectivity index (χ1v) is 7.49. The molecule has 0 bridgehead atoms. The van der Waals surface area contributed by atoms with Crippen LogP contribution in [0.5, 0.6) is 0 Å². The molecule has 3 atom stereocenters. The summed E-state index contributed by atoms with van der Waals surface area (Å²) in [7, 11) is 0.